The van der Waals surface area contributed by atoms with E-state index in [0.29, 0.717) is 10.6 Å². The van der Waals surface area contributed by atoms with Gasteiger partial charge in [0.2, 0.25) is 17.8 Å². The van der Waals surface area contributed by atoms with E-state index in [2.05, 4.69) is 0 Å². The molecule has 0 atom stereocenters. The van der Waals surface area contributed by atoms with Crippen molar-refractivity contribution in [3.8, 4) is 0 Å². The molecule has 1 aromatic heterocycles. The van der Waals surface area contributed by atoms with Gasteiger partial charge in [-0.3, -0.25) is 4.79 Å². The molecule has 0 N–H and O–H groups in total. The highest BCUT2D eigenvalue weighted by Gasteiger charge is 2.16. The van der Waals surface area contributed by atoms with Gasteiger partial charge in [-0.05, 0) is 36.4 Å². The molecule has 104 valence electrons. The minimum absolute atomic E-state index is 0.0764. The molecular weight excluding hydrogens is 289 g/mol. The number of rotatable bonds is 3. The van der Waals surface area contributed by atoms with Crippen molar-refractivity contribution in [2.75, 3.05) is 0 Å². The first-order valence-corrected chi connectivity index (χ1v) is 6.88. The molecule has 0 saturated heterocycles. The Hall–Kier alpha value is -2.26. The molecule has 3 aromatic rings. The predicted molar refractivity (Wildman–Crippen MR) is 79.9 cm³/mol. The molecular formula is C17H12ClFNO+. The van der Waals surface area contributed by atoms with Crippen molar-refractivity contribution in [2.24, 2.45) is 0 Å². The zero-order chi connectivity index (χ0) is 14.8. The second-order valence-corrected chi connectivity index (χ2v) is 5.15. The van der Waals surface area contributed by atoms with Crippen LogP contribution >= 0.6 is 11.6 Å². The lowest BCUT2D eigenvalue weighted by molar-refractivity contribution is -0.657. The number of fused-ring (bicyclic) bond motifs is 1. The quantitative estimate of drug-likeness (QED) is 0.532. The Morgan fingerprint density at radius 3 is 2.57 bits per heavy atom. The first-order valence-electron chi connectivity index (χ1n) is 6.50. The smallest absolute Gasteiger partial charge is 0.227 e. The number of carbonyl (C=O) groups is 1. The molecule has 0 spiro atoms. The third kappa shape index (κ3) is 2.78. The van der Waals surface area contributed by atoms with Gasteiger partial charge in [0.25, 0.3) is 0 Å². The fourth-order valence-corrected chi connectivity index (χ4v) is 2.52. The largest absolute Gasteiger partial charge is 0.287 e. The van der Waals surface area contributed by atoms with Gasteiger partial charge in [-0.25, -0.2) is 4.39 Å². The average molecular weight is 301 g/mol. The monoisotopic (exact) mass is 300 g/mol. The van der Waals surface area contributed by atoms with E-state index >= 15 is 0 Å². The summed E-state index contributed by atoms with van der Waals surface area (Å²) in [6.45, 7) is 0.184. The predicted octanol–water partition coefficient (Wildman–Crippen LogP) is 3.80. The van der Waals surface area contributed by atoms with E-state index in [1.54, 1.807) is 0 Å². The van der Waals surface area contributed by atoms with Crippen LogP contribution in [0, 0.1) is 5.82 Å². The van der Waals surface area contributed by atoms with Gasteiger partial charge in [-0.2, -0.15) is 4.57 Å². The standard InChI is InChI=1S/C17H12ClFNO/c18-15-4-1-5-16-14(15)3-2-10-20(16)11-17(21)12-6-8-13(19)9-7-12/h1-10H,11H2/q+1. The molecule has 0 saturated carbocycles. The number of ketones is 1. The number of Topliss-reactive ketones (excluding diaryl/α,β-unsaturated/α-hetero) is 1. The Kier molecular flexibility index (Phi) is 3.67. The number of pyridine rings is 1. The zero-order valence-corrected chi connectivity index (χ0v) is 11.8. The first kappa shape index (κ1) is 13.7. The maximum absolute atomic E-state index is 12.9. The topological polar surface area (TPSA) is 20.9 Å². The molecule has 0 amide bonds. The Morgan fingerprint density at radius 2 is 1.81 bits per heavy atom. The van der Waals surface area contributed by atoms with Crippen molar-refractivity contribution in [1.29, 1.82) is 0 Å². The lowest BCUT2D eigenvalue weighted by Crippen LogP contribution is -2.38. The van der Waals surface area contributed by atoms with Crippen molar-refractivity contribution < 1.29 is 13.8 Å². The molecule has 0 fully saturated rings. The van der Waals surface area contributed by atoms with Gasteiger partial charge in [-0.15, -0.1) is 0 Å². The summed E-state index contributed by atoms with van der Waals surface area (Å²) < 4.78 is 14.7. The van der Waals surface area contributed by atoms with Crippen LogP contribution in [0.1, 0.15) is 10.4 Å². The van der Waals surface area contributed by atoms with Crippen LogP contribution in [0.15, 0.2) is 60.8 Å². The first-order chi connectivity index (χ1) is 10.1. The van der Waals surface area contributed by atoms with E-state index in [4.69, 9.17) is 11.6 Å². The Bertz CT molecular complexity index is 815. The highest BCUT2D eigenvalue weighted by molar-refractivity contribution is 6.35. The van der Waals surface area contributed by atoms with Gasteiger partial charge in [-0.1, -0.05) is 17.7 Å². The summed E-state index contributed by atoms with van der Waals surface area (Å²) >= 11 is 6.16. The fourth-order valence-electron chi connectivity index (χ4n) is 2.28. The third-order valence-corrected chi connectivity index (χ3v) is 3.68. The van der Waals surface area contributed by atoms with Gasteiger partial charge in [0.15, 0.2) is 6.20 Å². The molecule has 2 aromatic carbocycles. The number of halogens is 2. The summed E-state index contributed by atoms with van der Waals surface area (Å²) in [5, 5.41) is 1.55. The number of hydrogen-bond acceptors (Lipinski definition) is 1. The number of hydrogen-bond donors (Lipinski definition) is 0. The van der Waals surface area contributed by atoms with E-state index < -0.39 is 0 Å². The van der Waals surface area contributed by atoms with Crippen LogP contribution in [0.4, 0.5) is 4.39 Å². The van der Waals surface area contributed by atoms with Crippen LogP contribution in [0.25, 0.3) is 10.9 Å². The van der Waals surface area contributed by atoms with Gasteiger partial charge < -0.3 is 0 Å². The maximum Gasteiger partial charge on any atom is 0.227 e. The average Bonchev–Trinajstić information content (AvgIpc) is 2.49. The minimum atomic E-state index is -0.351. The summed E-state index contributed by atoms with van der Waals surface area (Å²) in [7, 11) is 0. The van der Waals surface area contributed by atoms with E-state index in [1.165, 1.54) is 24.3 Å². The number of benzene rings is 2. The second kappa shape index (κ2) is 5.62. The molecule has 4 heteroatoms. The van der Waals surface area contributed by atoms with Crippen LogP contribution < -0.4 is 4.57 Å². The summed E-state index contributed by atoms with van der Waals surface area (Å²) in [6, 6.07) is 14.9. The lowest BCUT2D eigenvalue weighted by atomic mass is 10.1. The molecule has 0 aliphatic heterocycles. The molecule has 0 aliphatic rings. The number of carbonyl (C=O) groups excluding carboxylic acids is 1. The van der Waals surface area contributed by atoms with Crippen molar-refractivity contribution in [1.82, 2.24) is 0 Å². The van der Waals surface area contributed by atoms with Gasteiger partial charge >= 0.3 is 0 Å². The summed E-state index contributed by atoms with van der Waals surface area (Å²) in [5.74, 6) is -0.427. The Morgan fingerprint density at radius 1 is 1.05 bits per heavy atom. The lowest BCUT2D eigenvalue weighted by Gasteiger charge is -2.02. The van der Waals surface area contributed by atoms with Crippen molar-refractivity contribution in [2.45, 2.75) is 6.54 Å². The highest BCUT2D eigenvalue weighted by atomic mass is 35.5. The fraction of sp³-hybridized carbons (Fsp3) is 0.0588. The van der Waals surface area contributed by atoms with Gasteiger partial charge in [0.05, 0.1) is 10.4 Å². The van der Waals surface area contributed by atoms with E-state index in [1.807, 2.05) is 41.1 Å². The van der Waals surface area contributed by atoms with Crippen LogP contribution in [-0.2, 0) is 6.54 Å². The molecule has 0 aliphatic carbocycles. The molecule has 0 bridgehead atoms. The normalized spacial score (nSPS) is 10.8. The summed E-state index contributed by atoms with van der Waals surface area (Å²) in [4.78, 5) is 12.3. The van der Waals surface area contributed by atoms with Crippen LogP contribution in [0.3, 0.4) is 0 Å². The minimum Gasteiger partial charge on any atom is -0.287 e. The van der Waals surface area contributed by atoms with E-state index in [-0.39, 0.29) is 18.1 Å². The van der Waals surface area contributed by atoms with Crippen LogP contribution in [0.2, 0.25) is 5.02 Å². The molecule has 3 rings (SSSR count). The van der Waals surface area contributed by atoms with Gasteiger partial charge in [0.1, 0.15) is 5.82 Å². The van der Waals surface area contributed by atoms with Crippen molar-refractivity contribution >= 4 is 28.3 Å². The third-order valence-electron chi connectivity index (χ3n) is 3.35. The van der Waals surface area contributed by atoms with Crippen molar-refractivity contribution in [3.05, 3.63) is 77.2 Å². The summed E-state index contributed by atoms with van der Waals surface area (Å²) in [5.41, 5.74) is 1.38. The highest BCUT2D eigenvalue weighted by Crippen LogP contribution is 2.20. The molecule has 2 nitrogen and oxygen atoms in total. The molecule has 0 unspecified atom stereocenters. The Balaban J connectivity index is 1.96. The van der Waals surface area contributed by atoms with Crippen molar-refractivity contribution in [3.63, 3.8) is 0 Å². The molecule has 1 heterocycles. The zero-order valence-electron chi connectivity index (χ0n) is 11.1. The SMILES string of the molecule is O=C(C[n+]1cccc2c(Cl)cccc21)c1ccc(F)cc1. The van der Waals surface area contributed by atoms with Gasteiger partial charge in [0, 0.05) is 17.7 Å². The van der Waals surface area contributed by atoms with E-state index in [9.17, 15) is 9.18 Å². The molecule has 0 radical (unpaired) electrons. The molecule has 21 heavy (non-hydrogen) atoms. The number of nitrogens with zero attached hydrogens (tertiary/aromatic N) is 1. The summed E-state index contributed by atoms with van der Waals surface area (Å²) in [6.07, 6.45) is 1.83. The van der Waals surface area contributed by atoms with Crippen LogP contribution in [-0.4, -0.2) is 5.78 Å². The second-order valence-electron chi connectivity index (χ2n) is 4.74. The number of aromatic nitrogens is 1. The Labute approximate surface area is 126 Å². The maximum atomic E-state index is 12.9. The van der Waals surface area contributed by atoms with Crippen LogP contribution in [0.5, 0.6) is 0 Å². The van der Waals surface area contributed by atoms with E-state index in [0.717, 1.165) is 10.9 Å².